The van der Waals surface area contributed by atoms with Crippen LogP contribution in [0.25, 0.3) is 11.5 Å². The molecule has 2 N–H and O–H groups in total. The number of nitrogens with zero attached hydrogens (tertiary/aromatic N) is 3. The van der Waals surface area contributed by atoms with Gasteiger partial charge in [0.15, 0.2) is 5.76 Å². The van der Waals surface area contributed by atoms with E-state index in [9.17, 15) is 13.2 Å². The summed E-state index contributed by atoms with van der Waals surface area (Å²) in [5.41, 5.74) is 2.60. The van der Waals surface area contributed by atoms with Crippen LogP contribution < -0.4 is 10.0 Å². The second-order valence-electron chi connectivity index (χ2n) is 9.15. The van der Waals surface area contributed by atoms with Gasteiger partial charge in [-0.3, -0.25) is 14.4 Å². The molecule has 4 atom stereocenters. The van der Waals surface area contributed by atoms with E-state index in [-0.39, 0.29) is 16.8 Å². The Balaban J connectivity index is 1.23. The van der Waals surface area contributed by atoms with Crippen molar-refractivity contribution in [2.75, 3.05) is 25.0 Å². The van der Waals surface area contributed by atoms with Crippen molar-refractivity contribution in [2.24, 2.45) is 13.0 Å². The van der Waals surface area contributed by atoms with E-state index in [1.807, 2.05) is 23.9 Å². The van der Waals surface area contributed by atoms with Crippen LogP contribution in [0.3, 0.4) is 0 Å². The summed E-state index contributed by atoms with van der Waals surface area (Å²) in [7, 11) is -1.66. The SMILES string of the molecule is CC(=O)Nc1ccc(S(=O)(=O)NC[C@H]2C[C@H]3CCN2C[C@@H]3c2cc(-c3ccco3)nn2C)cc1. The first-order chi connectivity index (χ1) is 16.3. The van der Waals surface area contributed by atoms with Gasteiger partial charge >= 0.3 is 0 Å². The fourth-order valence-electron chi connectivity index (χ4n) is 5.27. The maximum Gasteiger partial charge on any atom is 0.240 e. The lowest BCUT2D eigenvalue weighted by atomic mass is 9.74. The Kier molecular flexibility index (Phi) is 6.05. The molecule has 1 aromatic carbocycles. The Bertz CT molecular complexity index is 1270. The predicted molar refractivity (Wildman–Crippen MR) is 128 cm³/mol. The lowest BCUT2D eigenvalue weighted by Gasteiger charge is -2.49. The highest BCUT2D eigenvalue weighted by atomic mass is 32.2. The van der Waals surface area contributed by atoms with Crippen molar-refractivity contribution in [1.29, 1.82) is 0 Å². The minimum absolute atomic E-state index is 0.168. The highest BCUT2D eigenvalue weighted by molar-refractivity contribution is 7.89. The van der Waals surface area contributed by atoms with Crippen molar-refractivity contribution >= 4 is 21.6 Å². The minimum Gasteiger partial charge on any atom is -0.463 e. The van der Waals surface area contributed by atoms with Crippen molar-refractivity contribution in [2.45, 2.75) is 36.6 Å². The molecule has 10 heteroatoms. The third-order valence-corrected chi connectivity index (χ3v) is 8.38. The molecule has 3 aromatic rings. The highest BCUT2D eigenvalue weighted by Gasteiger charge is 2.42. The summed E-state index contributed by atoms with van der Waals surface area (Å²) < 4.78 is 35.9. The van der Waals surface area contributed by atoms with Crippen LogP contribution in [0.2, 0.25) is 0 Å². The van der Waals surface area contributed by atoms with E-state index < -0.39 is 10.0 Å². The van der Waals surface area contributed by atoms with Gasteiger partial charge in [0.1, 0.15) is 5.69 Å². The number of sulfonamides is 1. The molecule has 0 saturated carbocycles. The Hall–Kier alpha value is -2.95. The van der Waals surface area contributed by atoms with Crippen molar-refractivity contribution < 1.29 is 17.6 Å². The number of piperidine rings is 3. The molecule has 3 aliphatic heterocycles. The molecular weight excluding hydrogens is 454 g/mol. The second-order valence-corrected chi connectivity index (χ2v) is 10.9. The molecular formula is C24H29N5O4S. The van der Waals surface area contributed by atoms with Crippen LogP contribution in [0.15, 0.2) is 58.0 Å². The molecule has 5 heterocycles. The number of carbonyl (C=O) groups is 1. The Morgan fingerprint density at radius 1 is 1.24 bits per heavy atom. The number of aryl methyl sites for hydroxylation is 1. The van der Waals surface area contributed by atoms with Crippen LogP contribution in [-0.4, -0.2) is 54.7 Å². The largest absolute Gasteiger partial charge is 0.463 e. The lowest BCUT2D eigenvalue weighted by Crippen LogP contribution is -2.56. The normalized spacial score (nSPS) is 24.3. The van der Waals surface area contributed by atoms with Gasteiger partial charge in [-0.1, -0.05) is 0 Å². The standard InChI is InChI=1S/C24H29N5O4S/c1-16(30)26-18-5-7-20(8-6-18)34(31,32)25-14-19-12-17-9-10-29(19)15-21(17)23-13-22(27-28(23)2)24-4-3-11-33-24/h3-8,11,13,17,19,21,25H,9-10,12,14-15H2,1-2H3,(H,26,30)/t17-,19-,21+/m1/s1. The summed E-state index contributed by atoms with van der Waals surface area (Å²) in [6, 6.07) is 12.3. The topological polar surface area (TPSA) is 109 Å². The van der Waals surface area contributed by atoms with Crippen LogP contribution in [-0.2, 0) is 21.9 Å². The summed E-state index contributed by atoms with van der Waals surface area (Å²) in [6.07, 6.45) is 3.69. The number of anilines is 1. The van der Waals surface area contributed by atoms with Gasteiger partial charge in [-0.2, -0.15) is 5.10 Å². The van der Waals surface area contributed by atoms with Crippen LogP contribution >= 0.6 is 0 Å². The van der Waals surface area contributed by atoms with Crippen LogP contribution in [0.5, 0.6) is 0 Å². The maximum absolute atomic E-state index is 12.8. The summed E-state index contributed by atoms with van der Waals surface area (Å²) in [5.74, 6) is 1.41. The van der Waals surface area contributed by atoms with Gasteiger partial charge in [0.2, 0.25) is 15.9 Å². The number of fused-ring (bicyclic) bond motifs is 3. The number of nitrogens with one attached hydrogen (secondary N) is 2. The third kappa shape index (κ3) is 4.53. The molecule has 0 aliphatic carbocycles. The van der Waals surface area contributed by atoms with Crippen molar-refractivity contribution in [3.05, 3.63) is 54.4 Å². The number of aromatic nitrogens is 2. The zero-order valence-corrected chi connectivity index (χ0v) is 20.1. The molecule has 3 aliphatic rings. The number of hydrogen-bond acceptors (Lipinski definition) is 6. The van der Waals surface area contributed by atoms with Crippen LogP contribution in [0.1, 0.15) is 31.4 Å². The molecule has 3 saturated heterocycles. The van der Waals surface area contributed by atoms with E-state index in [1.54, 1.807) is 18.4 Å². The number of benzene rings is 1. The van der Waals surface area contributed by atoms with Crippen molar-refractivity contribution in [1.82, 2.24) is 19.4 Å². The number of hydrogen-bond donors (Lipinski definition) is 2. The minimum atomic E-state index is -3.63. The number of rotatable bonds is 7. The quantitative estimate of drug-likeness (QED) is 0.535. The summed E-state index contributed by atoms with van der Waals surface area (Å²) in [5, 5.41) is 7.29. The number of carbonyl (C=O) groups excluding carboxylic acids is 1. The zero-order chi connectivity index (χ0) is 23.9. The highest BCUT2D eigenvalue weighted by Crippen LogP contribution is 2.42. The first-order valence-electron chi connectivity index (χ1n) is 11.5. The van der Waals surface area contributed by atoms with Gasteiger partial charge in [-0.05, 0) is 67.8 Å². The first-order valence-corrected chi connectivity index (χ1v) is 13.0. The molecule has 1 unspecified atom stereocenters. The molecule has 2 bridgehead atoms. The molecule has 0 spiro atoms. The van der Waals surface area contributed by atoms with E-state index in [4.69, 9.17) is 4.42 Å². The van der Waals surface area contributed by atoms with E-state index in [0.29, 0.717) is 24.1 Å². The predicted octanol–water partition coefficient (Wildman–Crippen LogP) is 2.79. The van der Waals surface area contributed by atoms with E-state index in [0.717, 1.165) is 37.4 Å². The molecule has 1 amide bonds. The fraction of sp³-hybridized carbons (Fsp3) is 0.417. The van der Waals surface area contributed by atoms with Gasteiger partial charge in [0.05, 0.1) is 11.2 Å². The molecule has 0 radical (unpaired) electrons. The van der Waals surface area contributed by atoms with E-state index in [2.05, 4.69) is 26.1 Å². The smallest absolute Gasteiger partial charge is 0.240 e. The van der Waals surface area contributed by atoms with Gasteiger partial charge < -0.3 is 9.73 Å². The Morgan fingerprint density at radius 3 is 2.68 bits per heavy atom. The van der Waals surface area contributed by atoms with Gasteiger partial charge in [-0.25, -0.2) is 13.1 Å². The zero-order valence-electron chi connectivity index (χ0n) is 19.3. The monoisotopic (exact) mass is 483 g/mol. The third-order valence-electron chi connectivity index (χ3n) is 6.94. The molecule has 180 valence electrons. The molecule has 2 aromatic heterocycles. The fourth-order valence-corrected chi connectivity index (χ4v) is 6.34. The summed E-state index contributed by atoms with van der Waals surface area (Å²) in [4.78, 5) is 13.8. The number of furan rings is 1. The van der Waals surface area contributed by atoms with Crippen LogP contribution in [0.4, 0.5) is 5.69 Å². The summed E-state index contributed by atoms with van der Waals surface area (Å²) in [6.45, 7) is 3.65. The lowest BCUT2D eigenvalue weighted by molar-refractivity contribution is -0.114. The van der Waals surface area contributed by atoms with Crippen molar-refractivity contribution in [3.8, 4) is 11.5 Å². The molecule has 3 fully saturated rings. The molecule has 6 rings (SSSR count). The Labute approximate surface area is 199 Å². The van der Waals surface area contributed by atoms with Gasteiger partial charge in [0.25, 0.3) is 0 Å². The first kappa shape index (κ1) is 22.8. The van der Waals surface area contributed by atoms with E-state index >= 15 is 0 Å². The van der Waals surface area contributed by atoms with E-state index in [1.165, 1.54) is 24.8 Å². The van der Waals surface area contributed by atoms with Gasteiger partial charge in [-0.15, -0.1) is 0 Å². The molecule has 34 heavy (non-hydrogen) atoms. The van der Waals surface area contributed by atoms with Gasteiger partial charge in [0, 0.05) is 50.4 Å². The average molecular weight is 484 g/mol. The average Bonchev–Trinajstić information content (AvgIpc) is 3.48. The van der Waals surface area contributed by atoms with Crippen molar-refractivity contribution in [3.63, 3.8) is 0 Å². The maximum atomic E-state index is 12.8. The number of amides is 1. The summed E-state index contributed by atoms with van der Waals surface area (Å²) >= 11 is 0. The second kappa shape index (κ2) is 9.01. The molecule has 9 nitrogen and oxygen atoms in total. The Morgan fingerprint density at radius 2 is 2.03 bits per heavy atom. The van der Waals surface area contributed by atoms with Crippen LogP contribution in [0, 0.1) is 5.92 Å².